The highest BCUT2D eigenvalue weighted by Crippen LogP contribution is 2.67. The van der Waals surface area contributed by atoms with Crippen LogP contribution in [0.2, 0.25) is 0 Å². The largest absolute Gasteiger partial charge is 0.509 e. The molecular weight excluding hydrogens is 837 g/mol. The lowest BCUT2D eigenvalue weighted by atomic mass is 9.44. The van der Waals surface area contributed by atoms with Gasteiger partial charge in [-0.15, -0.1) is 0 Å². The van der Waals surface area contributed by atoms with Crippen LogP contribution in [0.25, 0.3) is 0 Å². The molecule has 2 heterocycles. The second-order valence-electron chi connectivity index (χ2n) is 18.6. The molecule has 4 fully saturated rings. The Morgan fingerprint density at radius 3 is 2.25 bits per heavy atom. The third-order valence-electron chi connectivity index (χ3n) is 13.6. The van der Waals surface area contributed by atoms with Crippen molar-refractivity contribution in [2.75, 3.05) is 20.7 Å². The van der Waals surface area contributed by atoms with Crippen LogP contribution < -0.4 is 5.32 Å². The molecule has 5 aliphatic rings. The van der Waals surface area contributed by atoms with Crippen molar-refractivity contribution in [3.63, 3.8) is 0 Å². The number of aliphatic hydroxyl groups excluding tert-OH is 2. The monoisotopic (exact) mass is 896 g/mol. The van der Waals surface area contributed by atoms with E-state index in [1.54, 1.807) is 45.9 Å². The predicted molar refractivity (Wildman–Crippen MR) is 223 cm³/mol. The van der Waals surface area contributed by atoms with E-state index >= 15 is 4.79 Å². The molecule has 2 saturated heterocycles. The highest BCUT2D eigenvalue weighted by Gasteiger charge is 2.83. The Morgan fingerprint density at radius 2 is 1.67 bits per heavy atom. The molecule has 1 aromatic rings. The summed E-state index contributed by atoms with van der Waals surface area (Å²) >= 11 is 0. The summed E-state index contributed by atoms with van der Waals surface area (Å²) in [5.74, 6) is -6.06. The van der Waals surface area contributed by atoms with E-state index < -0.39 is 119 Å². The third kappa shape index (κ3) is 7.95. The van der Waals surface area contributed by atoms with Gasteiger partial charge in [-0.25, -0.2) is 19.2 Å². The molecule has 350 valence electrons. The van der Waals surface area contributed by atoms with Crippen LogP contribution in [0.3, 0.4) is 0 Å². The number of unbranched alkanes of at least 4 members (excludes halogenated alkanes) is 2. The number of ketones is 1. The molecule has 1 spiro atoms. The van der Waals surface area contributed by atoms with Crippen LogP contribution in [0.4, 0.5) is 9.59 Å². The number of esters is 3. The van der Waals surface area contributed by atoms with Gasteiger partial charge in [0.2, 0.25) is 11.5 Å². The lowest BCUT2D eigenvalue weighted by molar-refractivity contribution is -0.345. The number of amides is 2. The lowest BCUT2D eigenvalue weighted by Crippen LogP contribution is -2.83. The molecule has 1 aromatic carbocycles. The molecular formula is C46H60N2O16. The van der Waals surface area contributed by atoms with Gasteiger partial charge in [0.05, 0.1) is 35.6 Å². The number of nitrogens with zero attached hydrogens (tertiary/aromatic N) is 1. The van der Waals surface area contributed by atoms with Crippen molar-refractivity contribution in [1.82, 2.24) is 10.2 Å². The summed E-state index contributed by atoms with van der Waals surface area (Å²) in [7, 11) is 2.77. The number of ether oxygens (including phenoxy) is 7. The van der Waals surface area contributed by atoms with Gasteiger partial charge in [0.1, 0.15) is 6.10 Å². The maximum atomic E-state index is 15.8. The molecule has 0 aromatic heterocycles. The first-order valence-electron chi connectivity index (χ1n) is 21.6. The number of benzene rings is 1. The van der Waals surface area contributed by atoms with Gasteiger partial charge in [0.25, 0.3) is 0 Å². The van der Waals surface area contributed by atoms with Crippen LogP contribution in [-0.2, 0) is 52.3 Å². The van der Waals surface area contributed by atoms with Gasteiger partial charge < -0.3 is 53.6 Å². The topological polar surface area (TPSA) is 240 Å². The first kappa shape index (κ1) is 48.1. The smallest absolute Gasteiger partial charge is 0.454 e. The van der Waals surface area contributed by atoms with E-state index in [4.69, 9.17) is 33.2 Å². The SMILES string of the molecule is CCCCCC(=O)N[C@@H](C=C(C)C)[C@@H](O)C(=O)O[C@@H]1C(C)=C2[C@@H](OC(=O)N(C)C)C(=O)[C@@]3(C)[C@H]([C@H](OC(=O)c4ccccc4)[C@@]4(OC(=O)O[C@@H]14)C2(C)C)[C@]1(OC(C)=O)CO[C@@H]1C[C@@H]3O. The van der Waals surface area contributed by atoms with Crippen molar-refractivity contribution in [2.24, 2.45) is 16.7 Å². The first-order chi connectivity index (χ1) is 30.0. The van der Waals surface area contributed by atoms with Crippen molar-refractivity contribution < 1.29 is 76.9 Å². The minimum atomic E-state index is -2.37. The van der Waals surface area contributed by atoms with E-state index in [1.165, 1.54) is 46.2 Å². The molecule has 3 N–H and O–H groups in total. The number of nitrogens with one attached hydrogen (secondary N) is 1. The number of carbonyl (C=O) groups excluding carboxylic acids is 7. The Kier molecular flexibility index (Phi) is 13.5. The summed E-state index contributed by atoms with van der Waals surface area (Å²) in [5.41, 5.74) is -7.48. The van der Waals surface area contributed by atoms with Crippen molar-refractivity contribution in [2.45, 2.75) is 147 Å². The van der Waals surface area contributed by atoms with E-state index in [0.29, 0.717) is 12.0 Å². The van der Waals surface area contributed by atoms with Crippen LogP contribution in [0.1, 0.15) is 97.9 Å². The van der Waals surface area contributed by atoms with Gasteiger partial charge in [-0.1, -0.05) is 63.5 Å². The summed E-state index contributed by atoms with van der Waals surface area (Å²) in [4.78, 5) is 99.6. The number of aliphatic hydroxyl groups is 2. The van der Waals surface area contributed by atoms with Crippen LogP contribution >= 0.6 is 0 Å². The molecule has 3 aliphatic carbocycles. The van der Waals surface area contributed by atoms with E-state index in [1.807, 2.05) is 6.92 Å². The fourth-order valence-electron chi connectivity index (χ4n) is 10.5. The number of carbonyl (C=O) groups is 7. The molecule has 2 amide bonds. The fourth-order valence-corrected chi connectivity index (χ4v) is 10.5. The molecule has 12 atom stereocenters. The molecule has 0 unspecified atom stereocenters. The quantitative estimate of drug-likeness (QED) is 0.110. The minimum absolute atomic E-state index is 0.0293. The molecule has 18 heteroatoms. The standard InChI is InChI=1S/C46H60N2O16/c1-11-12-14-19-30(51)47-27(20-23(2)3)32(52)40(55)59-33-24(4)31-34(60-41(56)48(9)10)36(53)44(8)28(50)21-29-45(22-58-29,63-25(5)49)35(44)38(61-39(54)26-17-15-13-16-18-26)46(43(31,6)7)37(33)62-42(57)64-46/h13,15-18,20,27-29,32-35,37-38,50,52H,11-12,14,19,21-22H2,1-10H3,(H,47,51)/t27-,28-,29+,32+,33+,34+,35-,37-,38-,44+,45-,46+/m0/s1. The van der Waals surface area contributed by atoms with Gasteiger partial charge in [0, 0.05) is 39.3 Å². The van der Waals surface area contributed by atoms with E-state index in [0.717, 1.165) is 24.7 Å². The van der Waals surface area contributed by atoms with Crippen LogP contribution in [0.5, 0.6) is 0 Å². The number of rotatable bonds is 13. The Labute approximate surface area is 371 Å². The molecule has 0 radical (unpaired) electrons. The Morgan fingerprint density at radius 1 is 1.00 bits per heavy atom. The Hall–Kier alpha value is -5.33. The Balaban J connectivity index is 1.62. The molecule has 6 rings (SSSR count). The molecule has 2 aliphatic heterocycles. The zero-order valence-electron chi connectivity index (χ0n) is 38.0. The van der Waals surface area contributed by atoms with Gasteiger partial charge in [-0.2, -0.15) is 0 Å². The normalized spacial score (nSPS) is 33.0. The lowest BCUT2D eigenvalue weighted by Gasteiger charge is -2.67. The van der Waals surface area contributed by atoms with Gasteiger partial charge in [0.15, 0.2) is 41.9 Å². The third-order valence-corrected chi connectivity index (χ3v) is 13.6. The van der Waals surface area contributed by atoms with Crippen molar-refractivity contribution in [3.8, 4) is 0 Å². The van der Waals surface area contributed by atoms with E-state index in [9.17, 15) is 39.0 Å². The second-order valence-corrected chi connectivity index (χ2v) is 18.6. The number of fused-ring (bicyclic) bond motifs is 4. The molecule has 18 nitrogen and oxygen atoms in total. The summed E-state index contributed by atoms with van der Waals surface area (Å²) in [6.07, 6.45) is -10.8. The maximum absolute atomic E-state index is 15.8. The van der Waals surface area contributed by atoms with Crippen LogP contribution in [0.15, 0.2) is 53.1 Å². The van der Waals surface area contributed by atoms with Crippen LogP contribution in [-0.4, -0.2) is 138 Å². The molecule has 64 heavy (non-hydrogen) atoms. The molecule has 2 saturated carbocycles. The van der Waals surface area contributed by atoms with Gasteiger partial charge in [-0.05, 0) is 57.4 Å². The van der Waals surface area contributed by atoms with E-state index in [-0.39, 0.29) is 36.2 Å². The summed E-state index contributed by atoms with van der Waals surface area (Å²) in [5, 5.41) is 26.6. The predicted octanol–water partition coefficient (Wildman–Crippen LogP) is 3.88. The van der Waals surface area contributed by atoms with Crippen molar-refractivity contribution in [3.05, 3.63) is 58.7 Å². The summed E-state index contributed by atoms with van der Waals surface area (Å²) in [6, 6.07) is 6.48. The Bertz CT molecular complexity index is 2110. The minimum Gasteiger partial charge on any atom is -0.454 e. The average Bonchev–Trinajstić information content (AvgIpc) is 3.59. The maximum Gasteiger partial charge on any atom is 0.509 e. The van der Waals surface area contributed by atoms with Gasteiger partial charge >= 0.3 is 30.2 Å². The highest BCUT2D eigenvalue weighted by molar-refractivity contribution is 5.96. The number of allylic oxidation sites excluding steroid dienone is 1. The number of Topliss-reactive ketones (excluding diaryl/α,β-unsaturated/α-hetero) is 1. The molecule has 2 bridgehead atoms. The van der Waals surface area contributed by atoms with E-state index in [2.05, 4.69) is 5.32 Å². The average molecular weight is 897 g/mol. The fraction of sp³-hybridized carbons (Fsp3) is 0.630. The summed E-state index contributed by atoms with van der Waals surface area (Å²) < 4.78 is 43.2. The highest BCUT2D eigenvalue weighted by atomic mass is 16.8. The number of hydrogen-bond donors (Lipinski definition) is 3. The zero-order chi connectivity index (χ0) is 47.3. The van der Waals surface area contributed by atoms with Crippen LogP contribution in [0, 0.1) is 16.7 Å². The van der Waals surface area contributed by atoms with Gasteiger partial charge in [-0.3, -0.25) is 14.4 Å². The van der Waals surface area contributed by atoms with Crippen molar-refractivity contribution >= 4 is 41.8 Å². The second kappa shape index (κ2) is 17.9. The first-order valence-corrected chi connectivity index (χ1v) is 21.6. The van der Waals surface area contributed by atoms with Crippen molar-refractivity contribution in [1.29, 1.82) is 0 Å². The zero-order valence-corrected chi connectivity index (χ0v) is 38.0. The number of hydrogen-bond acceptors (Lipinski definition) is 16. The summed E-state index contributed by atoms with van der Waals surface area (Å²) in [6.45, 7) is 12.1.